The van der Waals surface area contributed by atoms with E-state index in [0.29, 0.717) is 5.92 Å². The predicted molar refractivity (Wildman–Crippen MR) is 110 cm³/mol. The summed E-state index contributed by atoms with van der Waals surface area (Å²) in [5.74, 6) is 2.30. The molecule has 0 radical (unpaired) electrons. The van der Waals surface area contributed by atoms with Gasteiger partial charge in [-0.15, -0.1) is 15.3 Å². The second-order valence-electron chi connectivity index (χ2n) is 7.74. The summed E-state index contributed by atoms with van der Waals surface area (Å²) in [7, 11) is 0. The van der Waals surface area contributed by atoms with Crippen LogP contribution in [0.2, 0.25) is 0 Å². The van der Waals surface area contributed by atoms with Crippen LogP contribution < -0.4 is 10.2 Å². The lowest BCUT2D eigenvalue weighted by Crippen LogP contribution is -2.38. The smallest absolute Gasteiger partial charge is 0.227 e. The lowest BCUT2D eigenvalue weighted by Gasteiger charge is -2.32. The number of hydrogen-bond acceptors (Lipinski definition) is 5. The van der Waals surface area contributed by atoms with Gasteiger partial charge in [0.2, 0.25) is 5.91 Å². The Morgan fingerprint density at radius 3 is 2.46 bits per heavy atom. The van der Waals surface area contributed by atoms with Gasteiger partial charge in [0.05, 0.1) is 0 Å². The van der Waals surface area contributed by atoms with Gasteiger partial charge in [-0.2, -0.15) is 4.52 Å². The van der Waals surface area contributed by atoms with Crippen molar-refractivity contribution in [1.29, 1.82) is 0 Å². The average molecular weight is 378 g/mol. The van der Waals surface area contributed by atoms with E-state index >= 15 is 0 Å². The van der Waals surface area contributed by atoms with Crippen molar-refractivity contribution < 1.29 is 4.79 Å². The van der Waals surface area contributed by atoms with Crippen LogP contribution in [-0.4, -0.2) is 38.8 Å². The minimum Gasteiger partial charge on any atom is -0.355 e. The third kappa shape index (κ3) is 3.69. The van der Waals surface area contributed by atoms with Gasteiger partial charge in [-0.3, -0.25) is 4.79 Å². The van der Waals surface area contributed by atoms with Crippen molar-refractivity contribution in [3.63, 3.8) is 0 Å². The van der Waals surface area contributed by atoms with Gasteiger partial charge in [0.1, 0.15) is 5.82 Å². The third-order valence-corrected chi connectivity index (χ3v) is 5.44. The maximum Gasteiger partial charge on any atom is 0.227 e. The van der Waals surface area contributed by atoms with Gasteiger partial charge in [-0.05, 0) is 55.5 Å². The SMILES string of the molecule is Cc1nnc2ccc(N3CCC(C(=O)Nc4ccc(C(C)C)cc4)CC3)nn12. The van der Waals surface area contributed by atoms with Crippen LogP contribution in [0.5, 0.6) is 0 Å². The molecule has 0 saturated carbocycles. The number of carbonyl (C=O) groups is 1. The molecule has 0 bridgehead atoms. The maximum atomic E-state index is 12.6. The molecule has 1 saturated heterocycles. The van der Waals surface area contributed by atoms with E-state index in [4.69, 9.17) is 0 Å². The number of fused-ring (bicyclic) bond motifs is 1. The van der Waals surface area contributed by atoms with Crippen LogP contribution in [0.25, 0.3) is 5.65 Å². The predicted octanol–water partition coefficient (Wildman–Crippen LogP) is 3.41. The zero-order valence-corrected chi connectivity index (χ0v) is 16.6. The quantitative estimate of drug-likeness (QED) is 0.753. The second-order valence-corrected chi connectivity index (χ2v) is 7.74. The van der Waals surface area contributed by atoms with Crippen LogP contribution in [0.1, 0.15) is 44.0 Å². The molecule has 1 aliphatic heterocycles. The monoisotopic (exact) mass is 378 g/mol. The molecule has 4 rings (SSSR count). The number of amides is 1. The Labute approximate surface area is 164 Å². The van der Waals surface area contributed by atoms with E-state index in [1.165, 1.54) is 5.56 Å². The van der Waals surface area contributed by atoms with E-state index in [1.807, 2.05) is 31.2 Å². The molecule has 3 heterocycles. The Bertz CT molecular complexity index is 970. The van der Waals surface area contributed by atoms with Crippen molar-refractivity contribution in [2.75, 3.05) is 23.3 Å². The zero-order chi connectivity index (χ0) is 19.7. The summed E-state index contributed by atoms with van der Waals surface area (Å²) in [5, 5.41) is 15.8. The van der Waals surface area contributed by atoms with Crippen molar-refractivity contribution >= 4 is 23.1 Å². The number of piperidine rings is 1. The fraction of sp³-hybridized carbons (Fsp3) is 0.429. The van der Waals surface area contributed by atoms with Crippen molar-refractivity contribution in [2.45, 2.75) is 39.5 Å². The first kappa shape index (κ1) is 18.4. The number of nitrogens with zero attached hydrogens (tertiary/aromatic N) is 5. The molecule has 1 aliphatic rings. The minimum atomic E-state index is 0.0291. The molecule has 3 aromatic rings. The zero-order valence-electron chi connectivity index (χ0n) is 16.6. The summed E-state index contributed by atoms with van der Waals surface area (Å²) < 4.78 is 1.76. The number of rotatable bonds is 4. The van der Waals surface area contributed by atoms with Crippen LogP contribution in [0.4, 0.5) is 11.5 Å². The molecule has 0 atom stereocenters. The van der Waals surface area contributed by atoms with E-state index in [-0.39, 0.29) is 11.8 Å². The summed E-state index contributed by atoms with van der Waals surface area (Å²) in [6, 6.07) is 12.0. The van der Waals surface area contributed by atoms with Gasteiger partial charge in [0.15, 0.2) is 11.5 Å². The van der Waals surface area contributed by atoms with E-state index in [9.17, 15) is 4.79 Å². The molecule has 2 aromatic heterocycles. The van der Waals surface area contributed by atoms with Crippen LogP contribution in [0.15, 0.2) is 36.4 Å². The van der Waals surface area contributed by atoms with Gasteiger partial charge < -0.3 is 10.2 Å². The number of hydrogen-bond donors (Lipinski definition) is 1. The highest BCUT2D eigenvalue weighted by atomic mass is 16.1. The van der Waals surface area contributed by atoms with Gasteiger partial charge in [-0.25, -0.2) is 0 Å². The Hall–Kier alpha value is -2.96. The van der Waals surface area contributed by atoms with Crippen molar-refractivity contribution in [3.8, 4) is 0 Å². The van der Waals surface area contributed by atoms with Gasteiger partial charge in [-0.1, -0.05) is 26.0 Å². The highest BCUT2D eigenvalue weighted by Gasteiger charge is 2.26. The molecule has 146 valence electrons. The first-order valence-electron chi connectivity index (χ1n) is 9.86. The maximum absolute atomic E-state index is 12.6. The molecule has 28 heavy (non-hydrogen) atoms. The third-order valence-electron chi connectivity index (χ3n) is 5.44. The van der Waals surface area contributed by atoms with Crippen molar-refractivity contribution in [1.82, 2.24) is 19.8 Å². The fourth-order valence-electron chi connectivity index (χ4n) is 3.62. The van der Waals surface area contributed by atoms with Crippen LogP contribution >= 0.6 is 0 Å². The molecule has 1 fully saturated rings. The first-order valence-corrected chi connectivity index (χ1v) is 9.86. The fourth-order valence-corrected chi connectivity index (χ4v) is 3.62. The minimum absolute atomic E-state index is 0.0291. The Balaban J connectivity index is 1.36. The number of nitrogens with one attached hydrogen (secondary N) is 1. The Morgan fingerprint density at radius 1 is 1.07 bits per heavy atom. The summed E-state index contributed by atoms with van der Waals surface area (Å²) >= 11 is 0. The number of aryl methyl sites for hydroxylation is 1. The molecule has 0 spiro atoms. The Kier molecular flexibility index (Phi) is 4.98. The molecule has 7 nitrogen and oxygen atoms in total. The van der Waals surface area contributed by atoms with Crippen molar-refractivity contribution in [2.24, 2.45) is 5.92 Å². The first-order chi connectivity index (χ1) is 13.5. The molecule has 1 amide bonds. The molecule has 0 unspecified atom stereocenters. The summed E-state index contributed by atoms with van der Waals surface area (Å²) in [5.41, 5.74) is 2.89. The average Bonchev–Trinajstić information content (AvgIpc) is 3.09. The van der Waals surface area contributed by atoms with Gasteiger partial charge >= 0.3 is 0 Å². The normalized spacial score (nSPS) is 15.4. The van der Waals surface area contributed by atoms with Gasteiger partial charge in [0.25, 0.3) is 0 Å². The number of carbonyl (C=O) groups excluding carboxylic acids is 1. The van der Waals surface area contributed by atoms with Crippen LogP contribution in [-0.2, 0) is 4.79 Å². The largest absolute Gasteiger partial charge is 0.355 e. The van der Waals surface area contributed by atoms with E-state index in [1.54, 1.807) is 4.52 Å². The Morgan fingerprint density at radius 2 is 1.79 bits per heavy atom. The molecule has 0 aliphatic carbocycles. The highest BCUT2D eigenvalue weighted by molar-refractivity contribution is 5.92. The van der Waals surface area contributed by atoms with E-state index in [0.717, 1.165) is 48.9 Å². The van der Waals surface area contributed by atoms with E-state index in [2.05, 4.69) is 51.5 Å². The number of benzene rings is 1. The highest BCUT2D eigenvalue weighted by Crippen LogP contribution is 2.24. The number of anilines is 2. The lowest BCUT2D eigenvalue weighted by atomic mass is 9.95. The van der Waals surface area contributed by atoms with Crippen LogP contribution in [0, 0.1) is 12.8 Å². The molecule has 1 N–H and O–H groups in total. The molecular formula is C21H26N6O. The number of aromatic nitrogens is 4. The summed E-state index contributed by atoms with van der Waals surface area (Å²) in [6.07, 6.45) is 1.63. The molecule has 1 aromatic carbocycles. The second kappa shape index (κ2) is 7.58. The molecule has 7 heteroatoms. The van der Waals surface area contributed by atoms with Crippen LogP contribution in [0.3, 0.4) is 0 Å². The van der Waals surface area contributed by atoms with E-state index < -0.39 is 0 Å². The van der Waals surface area contributed by atoms with Gasteiger partial charge in [0, 0.05) is 24.7 Å². The summed E-state index contributed by atoms with van der Waals surface area (Å²) in [4.78, 5) is 14.9. The summed E-state index contributed by atoms with van der Waals surface area (Å²) in [6.45, 7) is 7.84. The molecular weight excluding hydrogens is 352 g/mol. The topological polar surface area (TPSA) is 75.4 Å². The standard InChI is InChI=1S/C21H26N6O/c1-14(2)16-4-6-18(7-5-16)22-21(28)17-10-12-26(13-11-17)20-9-8-19-24-23-15(3)27(19)25-20/h4-9,14,17H,10-13H2,1-3H3,(H,22,28). The lowest BCUT2D eigenvalue weighted by molar-refractivity contribution is -0.120. The van der Waals surface area contributed by atoms with Crippen molar-refractivity contribution in [3.05, 3.63) is 47.8 Å².